The normalized spacial score (nSPS) is 24.6. The number of fused-ring (bicyclic) bond motifs is 1. The zero-order chi connectivity index (χ0) is 17.9. The molecule has 0 radical (unpaired) electrons. The Kier molecular flexibility index (Phi) is 5.11. The molecular weight excluding hydrogens is 332 g/mol. The number of likely N-dealkylation sites (tertiary alicyclic amines) is 1. The number of ketones is 1. The van der Waals surface area contributed by atoms with Crippen molar-refractivity contribution in [1.82, 2.24) is 10.2 Å². The zero-order valence-electron chi connectivity index (χ0n) is 15.0. The summed E-state index contributed by atoms with van der Waals surface area (Å²) in [6.45, 7) is 3.46. The van der Waals surface area contributed by atoms with Crippen LogP contribution in [-0.2, 0) is 4.79 Å². The van der Waals surface area contributed by atoms with Crippen molar-refractivity contribution in [3.05, 3.63) is 23.8 Å². The average molecular weight is 358 g/mol. The van der Waals surface area contributed by atoms with Crippen LogP contribution in [0, 0.1) is 5.92 Å². The summed E-state index contributed by atoms with van der Waals surface area (Å²) in [5.74, 6) is 1.71. The Labute approximate surface area is 153 Å². The zero-order valence-corrected chi connectivity index (χ0v) is 15.0. The first-order chi connectivity index (χ1) is 12.7. The molecule has 1 aromatic carbocycles. The highest BCUT2D eigenvalue weighted by Gasteiger charge is 2.33. The van der Waals surface area contributed by atoms with E-state index in [-0.39, 0.29) is 23.7 Å². The van der Waals surface area contributed by atoms with Crippen molar-refractivity contribution in [2.45, 2.75) is 38.1 Å². The molecule has 0 aromatic heterocycles. The fourth-order valence-corrected chi connectivity index (χ4v) is 4.18. The molecule has 3 aliphatic rings. The third-order valence-corrected chi connectivity index (χ3v) is 5.67. The molecule has 0 bridgehead atoms. The lowest BCUT2D eigenvalue weighted by Crippen LogP contribution is -2.49. The number of hydrogen-bond acceptors (Lipinski definition) is 5. The van der Waals surface area contributed by atoms with Crippen molar-refractivity contribution in [1.29, 1.82) is 0 Å². The third-order valence-electron chi connectivity index (χ3n) is 5.67. The summed E-state index contributed by atoms with van der Waals surface area (Å²) in [5, 5.41) is 3.01. The summed E-state index contributed by atoms with van der Waals surface area (Å²) in [5.41, 5.74) is 0.694. The molecule has 26 heavy (non-hydrogen) atoms. The number of ether oxygens (including phenoxy) is 2. The van der Waals surface area contributed by atoms with Crippen LogP contribution in [0.3, 0.4) is 0 Å². The number of carbonyl (C=O) groups is 2. The highest BCUT2D eigenvalue weighted by Crippen LogP contribution is 2.33. The van der Waals surface area contributed by atoms with E-state index in [1.165, 1.54) is 0 Å². The molecule has 0 spiro atoms. The van der Waals surface area contributed by atoms with E-state index in [0.717, 1.165) is 51.7 Å². The Morgan fingerprint density at radius 2 is 1.81 bits per heavy atom. The molecular formula is C20H26N2O4. The molecule has 1 amide bonds. The van der Waals surface area contributed by atoms with E-state index in [2.05, 4.69) is 10.2 Å². The number of hydrogen-bond donors (Lipinski definition) is 1. The Bertz CT molecular complexity index is 682. The van der Waals surface area contributed by atoms with Crippen LogP contribution < -0.4 is 14.8 Å². The largest absolute Gasteiger partial charge is 0.486 e. The number of Topliss-reactive ketones (excluding diaryl/α,β-unsaturated/α-hetero) is 1. The average Bonchev–Trinajstić information content (AvgIpc) is 2.91. The van der Waals surface area contributed by atoms with Crippen molar-refractivity contribution < 1.29 is 19.1 Å². The van der Waals surface area contributed by atoms with E-state index in [0.29, 0.717) is 30.3 Å². The SMILES string of the molecule is O=C(c1ccc2c(c1)OCCO2)C1CCN([C@H]2CCCCNC2=O)CC1. The Morgan fingerprint density at radius 3 is 2.62 bits per heavy atom. The molecule has 3 heterocycles. The third kappa shape index (κ3) is 3.56. The Balaban J connectivity index is 1.38. The summed E-state index contributed by atoms with van der Waals surface area (Å²) < 4.78 is 11.1. The van der Waals surface area contributed by atoms with Gasteiger partial charge in [-0.25, -0.2) is 0 Å². The number of rotatable bonds is 3. The quantitative estimate of drug-likeness (QED) is 0.838. The standard InChI is InChI=1S/C20H26N2O4/c23-19(15-4-5-17-18(13-15)26-12-11-25-17)14-6-9-22(10-7-14)16-3-1-2-8-21-20(16)24/h4-5,13-14,16H,1-3,6-12H2,(H,21,24)/t16-/m0/s1. The highest BCUT2D eigenvalue weighted by molar-refractivity contribution is 5.98. The van der Waals surface area contributed by atoms with Crippen LogP contribution in [0.25, 0.3) is 0 Å². The van der Waals surface area contributed by atoms with Gasteiger partial charge in [-0.1, -0.05) is 0 Å². The molecule has 4 rings (SSSR count). The van der Waals surface area contributed by atoms with E-state index < -0.39 is 0 Å². The van der Waals surface area contributed by atoms with Gasteiger partial charge in [-0.05, 0) is 63.4 Å². The van der Waals surface area contributed by atoms with E-state index >= 15 is 0 Å². The first-order valence-corrected chi connectivity index (χ1v) is 9.68. The van der Waals surface area contributed by atoms with Crippen LogP contribution in [0.1, 0.15) is 42.5 Å². The molecule has 1 aromatic rings. The minimum absolute atomic E-state index is 0.0163. The Morgan fingerprint density at radius 1 is 1.04 bits per heavy atom. The van der Waals surface area contributed by atoms with Gasteiger partial charge in [-0.3, -0.25) is 14.5 Å². The molecule has 2 fully saturated rings. The summed E-state index contributed by atoms with van der Waals surface area (Å²) >= 11 is 0. The van der Waals surface area contributed by atoms with Crippen molar-refractivity contribution >= 4 is 11.7 Å². The van der Waals surface area contributed by atoms with Crippen LogP contribution in [0.5, 0.6) is 11.5 Å². The van der Waals surface area contributed by atoms with Gasteiger partial charge < -0.3 is 14.8 Å². The van der Waals surface area contributed by atoms with Gasteiger partial charge in [0, 0.05) is 18.0 Å². The van der Waals surface area contributed by atoms with Crippen molar-refractivity contribution in [3.63, 3.8) is 0 Å². The number of benzene rings is 1. The van der Waals surface area contributed by atoms with Gasteiger partial charge in [-0.2, -0.15) is 0 Å². The van der Waals surface area contributed by atoms with Gasteiger partial charge in [0.1, 0.15) is 13.2 Å². The molecule has 3 aliphatic heterocycles. The van der Waals surface area contributed by atoms with Crippen LogP contribution in [0.2, 0.25) is 0 Å². The molecule has 6 heteroatoms. The predicted octanol–water partition coefficient (Wildman–Crippen LogP) is 2.02. The minimum Gasteiger partial charge on any atom is -0.486 e. The second kappa shape index (κ2) is 7.66. The number of piperidine rings is 1. The smallest absolute Gasteiger partial charge is 0.237 e. The molecule has 1 N–H and O–H groups in total. The topological polar surface area (TPSA) is 67.9 Å². The van der Waals surface area contributed by atoms with Crippen LogP contribution in [0.15, 0.2) is 18.2 Å². The van der Waals surface area contributed by atoms with Gasteiger partial charge in [0.2, 0.25) is 5.91 Å². The van der Waals surface area contributed by atoms with Crippen molar-refractivity contribution in [2.75, 3.05) is 32.8 Å². The van der Waals surface area contributed by atoms with E-state index in [9.17, 15) is 9.59 Å². The Hall–Kier alpha value is -2.08. The van der Waals surface area contributed by atoms with Crippen molar-refractivity contribution in [2.24, 2.45) is 5.92 Å². The molecule has 0 unspecified atom stereocenters. The minimum atomic E-state index is -0.0251. The molecule has 1 atom stereocenters. The molecule has 0 saturated carbocycles. The summed E-state index contributed by atoms with van der Waals surface area (Å²) in [6.07, 6.45) is 4.67. The maximum absolute atomic E-state index is 12.9. The van der Waals surface area contributed by atoms with Crippen molar-refractivity contribution in [3.8, 4) is 11.5 Å². The molecule has 2 saturated heterocycles. The van der Waals surface area contributed by atoms with Gasteiger partial charge in [0.05, 0.1) is 6.04 Å². The predicted molar refractivity (Wildman–Crippen MR) is 96.7 cm³/mol. The maximum atomic E-state index is 12.9. The first-order valence-electron chi connectivity index (χ1n) is 9.68. The second-order valence-electron chi connectivity index (χ2n) is 7.34. The van der Waals surface area contributed by atoms with Gasteiger partial charge in [0.25, 0.3) is 0 Å². The number of amides is 1. The lowest BCUT2D eigenvalue weighted by molar-refractivity contribution is -0.126. The van der Waals surface area contributed by atoms with E-state index in [1.54, 1.807) is 0 Å². The number of nitrogens with zero attached hydrogens (tertiary/aromatic N) is 1. The molecule has 140 valence electrons. The van der Waals surface area contributed by atoms with Crippen LogP contribution >= 0.6 is 0 Å². The summed E-state index contributed by atoms with van der Waals surface area (Å²) in [6, 6.07) is 5.44. The van der Waals surface area contributed by atoms with E-state index in [1.807, 2.05) is 18.2 Å². The van der Waals surface area contributed by atoms with Gasteiger partial charge in [0.15, 0.2) is 17.3 Å². The molecule has 0 aliphatic carbocycles. The number of carbonyl (C=O) groups excluding carboxylic acids is 2. The second-order valence-corrected chi connectivity index (χ2v) is 7.34. The monoisotopic (exact) mass is 358 g/mol. The summed E-state index contributed by atoms with van der Waals surface area (Å²) in [7, 11) is 0. The summed E-state index contributed by atoms with van der Waals surface area (Å²) in [4.78, 5) is 27.4. The lowest BCUT2D eigenvalue weighted by atomic mass is 9.88. The first kappa shape index (κ1) is 17.3. The fourth-order valence-electron chi connectivity index (χ4n) is 4.18. The van der Waals surface area contributed by atoms with Gasteiger partial charge in [-0.15, -0.1) is 0 Å². The fraction of sp³-hybridized carbons (Fsp3) is 0.600. The van der Waals surface area contributed by atoms with E-state index in [4.69, 9.17) is 9.47 Å². The highest BCUT2D eigenvalue weighted by atomic mass is 16.6. The number of nitrogens with one attached hydrogen (secondary N) is 1. The van der Waals surface area contributed by atoms with Crippen LogP contribution in [-0.4, -0.2) is 55.5 Å². The maximum Gasteiger partial charge on any atom is 0.237 e. The lowest BCUT2D eigenvalue weighted by Gasteiger charge is -2.35. The molecule has 6 nitrogen and oxygen atoms in total. The van der Waals surface area contributed by atoms with Crippen LogP contribution in [0.4, 0.5) is 0 Å². The van der Waals surface area contributed by atoms with Gasteiger partial charge >= 0.3 is 0 Å².